The zero-order valence-corrected chi connectivity index (χ0v) is 9.91. The molecule has 1 aliphatic rings. The summed E-state index contributed by atoms with van der Waals surface area (Å²) < 4.78 is 15.7. The molecule has 1 rings (SSSR count). The van der Waals surface area contributed by atoms with Gasteiger partial charge in [-0.15, -0.1) is 0 Å². The Balaban J connectivity index is 1.84. The average Bonchev–Trinajstić information content (AvgIpc) is 2.63. The standard InChI is InChI=1S/C11H23NO3/c1-12-5-3-4-11(12)10-15-9-8-14-7-6-13-2/h11H,3-10H2,1-2H3. The molecule has 1 saturated heterocycles. The fourth-order valence-electron chi connectivity index (χ4n) is 1.77. The van der Waals surface area contributed by atoms with E-state index in [0.29, 0.717) is 32.5 Å². The van der Waals surface area contributed by atoms with E-state index >= 15 is 0 Å². The van der Waals surface area contributed by atoms with E-state index in [4.69, 9.17) is 14.2 Å². The van der Waals surface area contributed by atoms with E-state index < -0.39 is 0 Å². The molecule has 0 aliphatic carbocycles. The van der Waals surface area contributed by atoms with Crippen LogP contribution in [0.5, 0.6) is 0 Å². The highest BCUT2D eigenvalue weighted by Crippen LogP contribution is 2.14. The topological polar surface area (TPSA) is 30.9 Å². The fraction of sp³-hybridized carbons (Fsp3) is 1.00. The number of rotatable bonds is 8. The van der Waals surface area contributed by atoms with Crippen molar-refractivity contribution >= 4 is 0 Å². The Hall–Kier alpha value is -0.160. The molecule has 0 saturated carbocycles. The molecule has 0 aromatic rings. The van der Waals surface area contributed by atoms with Crippen molar-refractivity contribution in [3.63, 3.8) is 0 Å². The van der Waals surface area contributed by atoms with Crippen LogP contribution in [0.15, 0.2) is 0 Å². The molecule has 1 aliphatic heterocycles. The van der Waals surface area contributed by atoms with Gasteiger partial charge in [0.15, 0.2) is 0 Å². The highest BCUT2D eigenvalue weighted by molar-refractivity contribution is 4.75. The molecule has 0 aromatic heterocycles. The molecule has 0 aromatic carbocycles. The van der Waals surface area contributed by atoms with Crippen molar-refractivity contribution in [2.24, 2.45) is 0 Å². The summed E-state index contributed by atoms with van der Waals surface area (Å²) in [5.74, 6) is 0. The van der Waals surface area contributed by atoms with Crippen molar-refractivity contribution in [3.05, 3.63) is 0 Å². The first-order valence-electron chi connectivity index (χ1n) is 5.69. The maximum absolute atomic E-state index is 5.56. The van der Waals surface area contributed by atoms with Crippen LogP contribution in [0.4, 0.5) is 0 Å². The van der Waals surface area contributed by atoms with Crippen LogP contribution >= 0.6 is 0 Å². The van der Waals surface area contributed by atoms with Gasteiger partial charge in [0.05, 0.1) is 33.0 Å². The smallest absolute Gasteiger partial charge is 0.0701 e. The number of hydrogen-bond donors (Lipinski definition) is 0. The van der Waals surface area contributed by atoms with Crippen molar-refractivity contribution in [2.45, 2.75) is 18.9 Å². The quantitative estimate of drug-likeness (QED) is 0.562. The van der Waals surface area contributed by atoms with E-state index in [1.54, 1.807) is 7.11 Å². The van der Waals surface area contributed by atoms with Crippen molar-refractivity contribution in [1.29, 1.82) is 0 Å². The van der Waals surface area contributed by atoms with Gasteiger partial charge >= 0.3 is 0 Å². The summed E-state index contributed by atoms with van der Waals surface area (Å²) >= 11 is 0. The van der Waals surface area contributed by atoms with Gasteiger partial charge in [0.25, 0.3) is 0 Å². The van der Waals surface area contributed by atoms with Gasteiger partial charge in [-0.25, -0.2) is 0 Å². The zero-order valence-electron chi connectivity index (χ0n) is 9.91. The highest BCUT2D eigenvalue weighted by Gasteiger charge is 2.20. The Morgan fingerprint density at radius 1 is 1.13 bits per heavy atom. The van der Waals surface area contributed by atoms with Gasteiger partial charge in [0, 0.05) is 13.2 Å². The number of hydrogen-bond acceptors (Lipinski definition) is 4. The second kappa shape index (κ2) is 8.05. The minimum absolute atomic E-state index is 0.615. The van der Waals surface area contributed by atoms with Crippen LogP contribution in [0.2, 0.25) is 0 Å². The van der Waals surface area contributed by atoms with E-state index in [9.17, 15) is 0 Å². The number of nitrogens with zero attached hydrogens (tertiary/aromatic N) is 1. The van der Waals surface area contributed by atoms with Crippen LogP contribution in [-0.2, 0) is 14.2 Å². The summed E-state index contributed by atoms with van der Waals surface area (Å²) in [4.78, 5) is 2.37. The minimum atomic E-state index is 0.615. The van der Waals surface area contributed by atoms with E-state index in [1.165, 1.54) is 19.4 Å². The van der Waals surface area contributed by atoms with Crippen LogP contribution in [0.1, 0.15) is 12.8 Å². The van der Waals surface area contributed by atoms with Crippen molar-refractivity contribution in [2.75, 3.05) is 53.7 Å². The van der Waals surface area contributed by atoms with Gasteiger partial charge in [-0.1, -0.05) is 0 Å². The maximum Gasteiger partial charge on any atom is 0.0701 e. The van der Waals surface area contributed by atoms with Gasteiger partial charge in [-0.2, -0.15) is 0 Å². The highest BCUT2D eigenvalue weighted by atomic mass is 16.5. The lowest BCUT2D eigenvalue weighted by Gasteiger charge is -2.19. The minimum Gasteiger partial charge on any atom is -0.382 e. The Morgan fingerprint density at radius 3 is 2.53 bits per heavy atom. The van der Waals surface area contributed by atoms with Gasteiger partial charge in [-0.3, -0.25) is 0 Å². The maximum atomic E-state index is 5.56. The van der Waals surface area contributed by atoms with E-state index in [0.717, 1.165) is 6.61 Å². The molecule has 1 atom stereocenters. The first-order valence-corrected chi connectivity index (χ1v) is 5.69. The van der Waals surface area contributed by atoms with Gasteiger partial charge in [-0.05, 0) is 26.4 Å². The lowest BCUT2D eigenvalue weighted by molar-refractivity contribution is 0.0130. The average molecular weight is 217 g/mol. The number of ether oxygens (including phenoxy) is 3. The van der Waals surface area contributed by atoms with Crippen LogP contribution in [0.25, 0.3) is 0 Å². The molecule has 90 valence electrons. The first-order chi connectivity index (χ1) is 7.34. The molecular weight excluding hydrogens is 194 g/mol. The van der Waals surface area contributed by atoms with Gasteiger partial charge < -0.3 is 19.1 Å². The molecule has 4 nitrogen and oxygen atoms in total. The predicted molar refractivity (Wildman–Crippen MR) is 59.2 cm³/mol. The Labute approximate surface area is 92.5 Å². The second-order valence-electron chi connectivity index (χ2n) is 3.96. The molecule has 0 radical (unpaired) electrons. The SMILES string of the molecule is COCCOCCOCC1CCCN1C. The Kier molecular flexibility index (Phi) is 6.92. The molecule has 1 unspecified atom stereocenters. The van der Waals surface area contributed by atoms with Crippen LogP contribution in [-0.4, -0.2) is 64.7 Å². The number of methoxy groups -OCH3 is 1. The molecular formula is C11H23NO3. The van der Waals surface area contributed by atoms with Gasteiger partial charge in [0.1, 0.15) is 0 Å². The third kappa shape index (κ3) is 5.47. The largest absolute Gasteiger partial charge is 0.382 e. The molecule has 0 spiro atoms. The molecule has 0 amide bonds. The summed E-state index contributed by atoms with van der Waals surface area (Å²) in [6.07, 6.45) is 2.57. The predicted octanol–water partition coefficient (Wildman–Crippen LogP) is 0.760. The first kappa shape index (κ1) is 12.9. The normalized spacial score (nSPS) is 22.4. The van der Waals surface area contributed by atoms with Crippen LogP contribution in [0.3, 0.4) is 0 Å². The third-order valence-corrected chi connectivity index (χ3v) is 2.79. The lowest BCUT2D eigenvalue weighted by Crippen LogP contribution is -2.29. The van der Waals surface area contributed by atoms with E-state index in [2.05, 4.69) is 11.9 Å². The van der Waals surface area contributed by atoms with E-state index in [1.807, 2.05) is 0 Å². The van der Waals surface area contributed by atoms with E-state index in [-0.39, 0.29) is 0 Å². The second-order valence-corrected chi connectivity index (χ2v) is 3.96. The fourth-order valence-corrected chi connectivity index (χ4v) is 1.77. The zero-order chi connectivity index (χ0) is 10.9. The molecule has 4 heteroatoms. The van der Waals surface area contributed by atoms with Crippen molar-refractivity contribution < 1.29 is 14.2 Å². The van der Waals surface area contributed by atoms with Crippen molar-refractivity contribution in [1.82, 2.24) is 4.90 Å². The molecule has 1 fully saturated rings. The molecule has 0 bridgehead atoms. The summed E-state index contributed by atoms with van der Waals surface area (Å²) in [6, 6.07) is 0.615. The Bertz CT molecular complexity index is 155. The lowest BCUT2D eigenvalue weighted by atomic mass is 10.2. The monoisotopic (exact) mass is 217 g/mol. The van der Waals surface area contributed by atoms with Crippen LogP contribution < -0.4 is 0 Å². The summed E-state index contributed by atoms with van der Waals surface area (Å²) in [5.41, 5.74) is 0. The Morgan fingerprint density at radius 2 is 1.87 bits per heavy atom. The molecule has 15 heavy (non-hydrogen) atoms. The number of likely N-dealkylation sites (tertiary alicyclic amines) is 1. The van der Waals surface area contributed by atoms with Crippen molar-refractivity contribution in [3.8, 4) is 0 Å². The molecule has 0 N–H and O–H groups in total. The summed E-state index contributed by atoms with van der Waals surface area (Å²) in [5, 5.41) is 0. The summed E-state index contributed by atoms with van der Waals surface area (Å²) in [6.45, 7) is 4.71. The third-order valence-electron chi connectivity index (χ3n) is 2.79. The summed E-state index contributed by atoms with van der Waals surface area (Å²) in [7, 11) is 3.84. The van der Waals surface area contributed by atoms with Crippen LogP contribution in [0, 0.1) is 0 Å². The number of likely N-dealkylation sites (N-methyl/N-ethyl adjacent to an activating group) is 1. The van der Waals surface area contributed by atoms with Gasteiger partial charge in [0.2, 0.25) is 0 Å². The molecule has 1 heterocycles.